The fourth-order valence-electron chi connectivity index (χ4n) is 5.07. The molecule has 0 aliphatic carbocycles. The minimum atomic E-state index is -1.70. The highest BCUT2D eigenvalue weighted by atomic mass is 31.2. The lowest BCUT2D eigenvalue weighted by atomic mass is 10.0. The lowest BCUT2D eigenvalue weighted by molar-refractivity contribution is -0.115. The molecule has 1 fully saturated rings. The Kier molecular flexibility index (Phi) is 15.0. The lowest BCUT2D eigenvalue weighted by Crippen LogP contribution is -2.50. The highest BCUT2D eigenvalue weighted by Gasteiger charge is 2.49. The summed E-state index contributed by atoms with van der Waals surface area (Å²) in [4.78, 5) is 24.4. The van der Waals surface area contributed by atoms with Crippen molar-refractivity contribution in [3.8, 4) is 11.8 Å². The van der Waals surface area contributed by atoms with Crippen LogP contribution in [0.3, 0.4) is 0 Å². The number of methoxy groups -OCH3 is 2. The molecule has 6 atom stereocenters. The van der Waals surface area contributed by atoms with Crippen LogP contribution in [0, 0.1) is 11.3 Å². The fourth-order valence-corrected chi connectivity index (χ4v) is 6.84. The van der Waals surface area contributed by atoms with Crippen LogP contribution in [0.4, 0.5) is 4.79 Å². The summed E-state index contributed by atoms with van der Waals surface area (Å²) in [6.45, 7) is 11.8. The first-order chi connectivity index (χ1) is 22.1. The molecule has 0 spiro atoms. The Bertz CT molecular complexity index is 1280. The lowest BCUT2D eigenvalue weighted by Gasteiger charge is -2.38. The van der Waals surface area contributed by atoms with Gasteiger partial charge in [-0.2, -0.15) is 5.26 Å². The van der Waals surface area contributed by atoms with Gasteiger partial charge in [-0.3, -0.25) is 10.1 Å². The van der Waals surface area contributed by atoms with E-state index in [4.69, 9.17) is 33.3 Å². The summed E-state index contributed by atoms with van der Waals surface area (Å²) >= 11 is 0. The predicted molar refractivity (Wildman–Crippen MR) is 174 cm³/mol. The Morgan fingerprint density at radius 2 is 1.70 bits per heavy atom. The third kappa shape index (κ3) is 10.3. The monoisotopic (exact) mass is 656 g/mol. The van der Waals surface area contributed by atoms with E-state index in [1.165, 1.54) is 7.11 Å². The molecule has 2 N–H and O–H groups in total. The van der Waals surface area contributed by atoms with Crippen molar-refractivity contribution in [3.05, 3.63) is 78.4 Å². The number of carbonyl (C=O) groups is 2. The van der Waals surface area contributed by atoms with Crippen LogP contribution in [0.1, 0.15) is 51.3 Å². The SMILES string of the molecule is C=CC(=O)NC(=O)NC1OC(COC(c2ccccc2)c2ccc(OC)cc2)C(OP(OCCC#N)N(C(C)C)C(C)C)C1OC. The number of imide groups is 1. The largest absolute Gasteiger partial charge is 0.497 e. The Hall–Kier alpha value is -3.40. The molecule has 3 amide bonds. The van der Waals surface area contributed by atoms with Gasteiger partial charge in [-0.05, 0) is 57.0 Å². The topological polar surface area (TPSA) is 141 Å². The molecule has 0 radical (unpaired) electrons. The zero-order valence-electron chi connectivity index (χ0n) is 27.3. The van der Waals surface area contributed by atoms with Crippen LogP contribution in [-0.2, 0) is 28.1 Å². The van der Waals surface area contributed by atoms with Gasteiger partial charge in [0.05, 0.1) is 32.8 Å². The molecule has 0 aromatic heterocycles. The molecule has 250 valence electrons. The molecule has 1 heterocycles. The molecule has 3 rings (SSSR count). The van der Waals surface area contributed by atoms with Gasteiger partial charge in [0.2, 0.25) is 0 Å². The van der Waals surface area contributed by atoms with Crippen LogP contribution in [0.15, 0.2) is 67.3 Å². The van der Waals surface area contributed by atoms with Crippen LogP contribution in [0.2, 0.25) is 0 Å². The second-order valence-electron chi connectivity index (χ2n) is 11.0. The summed E-state index contributed by atoms with van der Waals surface area (Å²) in [6, 6.07) is 18.8. The third-order valence-corrected chi connectivity index (χ3v) is 9.23. The average molecular weight is 657 g/mol. The zero-order chi connectivity index (χ0) is 33.6. The molecule has 13 heteroatoms. The smallest absolute Gasteiger partial charge is 0.323 e. The number of nitrogens with zero attached hydrogens (tertiary/aromatic N) is 2. The van der Waals surface area contributed by atoms with Crippen molar-refractivity contribution in [3.63, 3.8) is 0 Å². The van der Waals surface area contributed by atoms with Crippen LogP contribution >= 0.6 is 8.53 Å². The number of urea groups is 1. The van der Waals surface area contributed by atoms with Crippen molar-refractivity contribution in [2.45, 2.75) is 76.8 Å². The molecule has 2 aromatic carbocycles. The van der Waals surface area contributed by atoms with Crippen LogP contribution in [-0.4, -0.2) is 80.7 Å². The van der Waals surface area contributed by atoms with E-state index in [0.717, 1.165) is 23.0 Å². The summed E-state index contributed by atoms with van der Waals surface area (Å²) in [7, 11) is 1.40. The van der Waals surface area contributed by atoms with Crippen molar-refractivity contribution in [2.24, 2.45) is 0 Å². The van der Waals surface area contributed by atoms with E-state index in [1.54, 1.807) is 7.11 Å². The van der Waals surface area contributed by atoms with E-state index in [-0.39, 0.29) is 31.7 Å². The van der Waals surface area contributed by atoms with Gasteiger partial charge in [0, 0.05) is 19.2 Å². The number of nitriles is 1. The normalized spacial score (nSPS) is 20.7. The Labute approximate surface area is 272 Å². The van der Waals surface area contributed by atoms with Gasteiger partial charge < -0.3 is 33.3 Å². The first-order valence-electron chi connectivity index (χ1n) is 15.1. The molecule has 2 aromatic rings. The van der Waals surface area contributed by atoms with Crippen molar-refractivity contribution >= 4 is 20.5 Å². The summed E-state index contributed by atoms with van der Waals surface area (Å²) in [6.07, 6.45) is -2.59. The number of hydrogen-bond donors (Lipinski definition) is 2. The number of carbonyl (C=O) groups excluding carboxylic acids is 2. The summed E-state index contributed by atoms with van der Waals surface area (Å²) < 4.78 is 39.1. The summed E-state index contributed by atoms with van der Waals surface area (Å²) in [5.74, 6) is 0.0547. The minimum Gasteiger partial charge on any atom is -0.497 e. The van der Waals surface area contributed by atoms with E-state index >= 15 is 0 Å². The maximum Gasteiger partial charge on any atom is 0.323 e. The highest BCUT2D eigenvalue weighted by Crippen LogP contribution is 2.49. The highest BCUT2D eigenvalue weighted by molar-refractivity contribution is 7.44. The van der Waals surface area contributed by atoms with E-state index in [9.17, 15) is 9.59 Å². The van der Waals surface area contributed by atoms with Gasteiger partial charge >= 0.3 is 6.03 Å². The first-order valence-corrected chi connectivity index (χ1v) is 16.2. The fraction of sp³-hybridized carbons (Fsp3) is 0.485. The van der Waals surface area contributed by atoms with Crippen LogP contribution in [0.5, 0.6) is 5.75 Å². The molecular weight excluding hydrogens is 611 g/mol. The minimum absolute atomic E-state index is 0.0478. The maximum atomic E-state index is 12.6. The molecule has 0 bridgehead atoms. The summed E-state index contributed by atoms with van der Waals surface area (Å²) in [5.41, 5.74) is 1.83. The molecule has 12 nitrogen and oxygen atoms in total. The van der Waals surface area contributed by atoms with Gasteiger partial charge in [-0.25, -0.2) is 9.46 Å². The molecule has 0 saturated carbocycles. The molecule has 6 unspecified atom stereocenters. The zero-order valence-corrected chi connectivity index (χ0v) is 28.1. The van der Waals surface area contributed by atoms with E-state index in [1.807, 2.05) is 82.3 Å². The summed E-state index contributed by atoms with van der Waals surface area (Å²) in [5, 5.41) is 14.0. The molecule has 1 saturated heterocycles. The maximum absolute atomic E-state index is 12.6. The Morgan fingerprint density at radius 1 is 1.04 bits per heavy atom. The van der Waals surface area contributed by atoms with Crippen LogP contribution < -0.4 is 15.4 Å². The second-order valence-corrected chi connectivity index (χ2v) is 12.4. The van der Waals surface area contributed by atoms with Crippen molar-refractivity contribution in [2.75, 3.05) is 27.4 Å². The Balaban J connectivity index is 1.95. The molecular formula is C33H45N4O8P. The number of amides is 3. The van der Waals surface area contributed by atoms with Gasteiger partial charge in [-0.15, -0.1) is 0 Å². The number of nitrogens with one attached hydrogen (secondary N) is 2. The standard InChI is InChI=1S/C33H45N4O8P/c1-8-28(38)35-33(39)36-32-31(41-7)30(45-46(43-20-12-19-34)37(22(2)3)23(4)5)27(44-32)21-42-29(24-13-10-9-11-14-24)25-15-17-26(40-6)18-16-25/h8-11,13-18,22-23,27,29-32H,1,12,20-21H2,2-7H3,(H2,35,36,38,39). The van der Waals surface area contributed by atoms with Gasteiger partial charge in [-0.1, -0.05) is 49.0 Å². The predicted octanol–water partition coefficient (Wildman–Crippen LogP) is 5.21. The molecule has 46 heavy (non-hydrogen) atoms. The van der Waals surface area contributed by atoms with Gasteiger partial charge in [0.15, 0.2) is 6.23 Å². The van der Waals surface area contributed by atoms with E-state index in [2.05, 4.69) is 28.0 Å². The van der Waals surface area contributed by atoms with Crippen molar-refractivity contribution in [1.29, 1.82) is 5.26 Å². The van der Waals surface area contributed by atoms with Crippen molar-refractivity contribution < 1.29 is 37.6 Å². The third-order valence-electron chi connectivity index (χ3n) is 7.10. The van der Waals surface area contributed by atoms with E-state index in [0.29, 0.717) is 0 Å². The average Bonchev–Trinajstić information content (AvgIpc) is 3.36. The first kappa shape index (κ1) is 37.1. The second kappa shape index (κ2) is 18.7. The van der Waals surface area contributed by atoms with E-state index < -0.39 is 51.1 Å². The molecule has 1 aliphatic heterocycles. The molecule has 1 aliphatic rings. The van der Waals surface area contributed by atoms with Gasteiger partial charge in [0.25, 0.3) is 14.4 Å². The number of benzene rings is 2. The van der Waals surface area contributed by atoms with Crippen LogP contribution in [0.25, 0.3) is 0 Å². The van der Waals surface area contributed by atoms with Crippen molar-refractivity contribution in [1.82, 2.24) is 15.3 Å². The number of ether oxygens (including phenoxy) is 4. The van der Waals surface area contributed by atoms with Gasteiger partial charge in [0.1, 0.15) is 30.2 Å². The quantitative estimate of drug-likeness (QED) is 0.132. The number of rotatable bonds is 17. The Morgan fingerprint density at radius 3 is 2.26 bits per heavy atom. The number of hydrogen-bond acceptors (Lipinski definition) is 10.